The van der Waals surface area contributed by atoms with Crippen molar-refractivity contribution in [2.45, 2.75) is 39.7 Å². The summed E-state index contributed by atoms with van der Waals surface area (Å²) in [4.78, 5) is 26.7. The van der Waals surface area contributed by atoms with E-state index in [1.807, 2.05) is 38.1 Å². The lowest BCUT2D eigenvalue weighted by Crippen LogP contribution is -2.30. The molecular formula is C26H30N4O4. The van der Waals surface area contributed by atoms with E-state index in [1.54, 1.807) is 54.0 Å². The van der Waals surface area contributed by atoms with Crippen LogP contribution in [0.3, 0.4) is 0 Å². The van der Waals surface area contributed by atoms with Crippen molar-refractivity contribution in [3.63, 3.8) is 0 Å². The highest BCUT2D eigenvalue weighted by molar-refractivity contribution is 6.04. The van der Waals surface area contributed by atoms with Gasteiger partial charge in [-0.15, -0.1) is 0 Å². The Bertz CT molecular complexity index is 1170. The minimum Gasteiger partial charge on any atom is -0.491 e. The number of aromatic nitrogens is 2. The average molecular weight is 463 g/mol. The second kappa shape index (κ2) is 9.99. The van der Waals surface area contributed by atoms with E-state index < -0.39 is 0 Å². The minimum absolute atomic E-state index is 0.0302. The highest BCUT2D eigenvalue weighted by Gasteiger charge is 2.26. The highest BCUT2D eigenvalue weighted by atomic mass is 16.5. The number of ether oxygens (including phenoxy) is 2. The van der Waals surface area contributed by atoms with Crippen LogP contribution in [0.2, 0.25) is 0 Å². The fourth-order valence-electron chi connectivity index (χ4n) is 3.58. The number of benzene rings is 2. The average Bonchev–Trinajstić information content (AvgIpc) is 3.51. The normalized spacial score (nSPS) is 13.0. The molecule has 34 heavy (non-hydrogen) atoms. The molecule has 1 aliphatic rings. The van der Waals surface area contributed by atoms with Gasteiger partial charge in [0.2, 0.25) is 5.91 Å². The SMILES string of the molecule is CC(=O)N(CC1CC1)c1ccc(Oc2cc(OC(C)C)cc(C(=O)Nc3ccn(C)n3)c2)cc1. The van der Waals surface area contributed by atoms with Gasteiger partial charge in [-0.2, -0.15) is 5.10 Å². The van der Waals surface area contributed by atoms with Crippen molar-refractivity contribution >= 4 is 23.3 Å². The molecule has 1 heterocycles. The Morgan fingerprint density at radius 1 is 1.09 bits per heavy atom. The lowest BCUT2D eigenvalue weighted by atomic mass is 10.2. The quantitative estimate of drug-likeness (QED) is 0.483. The maximum absolute atomic E-state index is 12.8. The monoisotopic (exact) mass is 462 g/mol. The number of aryl methyl sites for hydroxylation is 1. The minimum atomic E-state index is -0.315. The van der Waals surface area contributed by atoms with E-state index in [4.69, 9.17) is 9.47 Å². The van der Waals surface area contributed by atoms with Crippen molar-refractivity contribution in [1.29, 1.82) is 0 Å². The molecule has 1 aromatic heterocycles. The zero-order valence-electron chi connectivity index (χ0n) is 19.9. The van der Waals surface area contributed by atoms with Crippen molar-refractivity contribution in [2.24, 2.45) is 13.0 Å². The van der Waals surface area contributed by atoms with E-state index in [1.165, 1.54) is 12.8 Å². The summed E-state index contributed by atoms with van der Waals surface area (Å²) in [5.41, 5.74) is 1.24. The van der Waals surface area contributed by atoms with Crippen LogP contribution in [0.5, 0.6) is 17.2 Å². The van der Waals surface area contributed by atoms with Crippen molar-refractivity contribution in [1.82, 2.24) is 9.78 Å². The van der Waals surface area contributed by atoms with E-state index in [9.17, 15) is 9.59 Å². The number of rotatable bonds is 9. The molecule has 2 amide bonds. The summed E-state index contributed by atoms with van der Waals surface area (Å²) in [5.74, 6) is 2.37. The Labute approximate surface area is 199 Å². The van der Waals surface area contributed by atoms with Gasteiger partial charge in [0.05, 0.1) is 6.10 Å². The lowest BCUT2D eigenvalue weighted by Gasteiger charge is -2.21. The Kier molecular flexibility index (Phi) is 6.86. The second-order valence-corrected chi connectivity index (χ2v) is 8.86. The van der Waals surface area contributed by atoms with Gasteiger partial charge in [-0.25, -0.2) is 0 Å². The molecule has 1 N–H and O–H groups in total. The summed E-state index contributed by atoms with van der Waals surface area (Å²) < 4.78 is 13.5. The molecule has 0 unspecified atom stereocenters. The highest BCUT2D eigenvalue weighted by Crippen LogP contribution is 2.33. The number of hydrogen-bond acceptors (Lipinski definition) is 5. The number of anilines is 2. The van der Waals surface area contributed by atoms with Crippen molar-refractivity contribution < 1.29 is 19.1 Å². The molecule has 2 aromatic carbocycles. The first-order valence-corrected chi connectivity index (χ1v) is 11.5. The van der Waals surface area contributed by atoms with Crippen LogP contribution in [0.15, 0.2) is 54.7 Å². The summed E-state index contributed by atoms with van der Waals surface area (Å²) >= 11 is 0. The number of hydrogen-bond donors (Lipinski definition) is 1. The Morgan fingerprint density at radius 2 is 1.79 bits per heavy atom. The van der Waals surface area contributed by atoms with Gasteiger partial charge in [-0.3, -0.25) is 14.3 Å². The Hall–Kier alpha value is -3.81. The standard InChI is InChI=1S/C26H30N4O4/c1-17(2)33-23-13-20(26(32)27-25-11-12-29(4)28-25)14-24(15-23)34-22-9-7-21(8-10-22)30(18(3)31)16-19-5-6-19/h7-15,17,19H,5-6,16H2,1-4H3,(H,27,28,32). The molecule has 0 aliphatic heterocycles. The first-order valence-electron chi connectivity index (χ1n) is 11.5. The van der Waals surface area contributed by atoms with E-state index in [0.717, 1.165) is 12.2 Å². The fourth-order valence-corrected chi connectivity index (χ4v) is 3.58. The molecule has 8 nitrogen and oxygen atoms in total. The first-order chi connectivity index (χ1) is 16.3. The van der Waals surface area contributed by atoms with Gasteiger partial charge in [-0.1, -0.05) is 0 Å². The third-order valence-electron chi connectivity index (χ3n) is 5.37. The zero-order valence-corrected chi connectivity index (χ0v) is 19.9. The second-order valence-electron chi connectivity index (χ2n) is 8.86. The van der Waals surface area contributed by atoms with E-state index >= 15 is 0 Å². The lowest BCUT2D eigenvalue weighted by molar-refractivity contribution is -0.116. The van der Waals surface area contributed by atoms with Gasteiger partial charge in [0, 0.05) is 50.1 Å². The fraction of sp³-hybridized carbons (Fsp3) is 0.346. The predicted molar refractivity (Wildman–Crippen MR) is 131 cm³/mol. The van der Waals surface area contributed by atoms with E-state index in [0.29, 0.717) is 34.5 Å². The number of carbonyl (C=O) groups is 2. The molecule has 1 fully saturated rings. The van der Waals surface area contributed by atoms with Gasteiger partial charge in [0.1, 0.15) is 17.2 Å². The van der Waals surface area contributed by atoms with Gasteiger partial charge >= 0.3 is 0 Å². The molecule has 178 valence electrons. The molecule has 4 rings (SSSR count). The van der Waals surface area contributed by atoms with Crippen molar-refractivity contribution in [3.05, 3.63) is 60.3 Å². The van der Waals surface area contributed by atoms with Gasteiger partial charge in [0.15, 0.2) is 5.82 Å². The maximum Gasteiger partial charge on any atom is 0.257 e. The molecule has 1 saturated carbocycles. The third-order valence-corrected chi connectivity index (χ3v) is 5.37. The Balaban J connectivity index is 1.53. The topological polar surface area (TPSA) is 85.7 Å². The molecule has 0 spiro atoms. The molecule has 0 atom stereocenters. The van der Waals surface area contributed by atoms with Crippen LogP contribution >= 0.6 is 0 Å². The molecule has 8 heteroatoms. The van der Waals surface area contributed by atoms with Gasteiger partial charge in [0.25, 0.3) is 5.91 Å². The molecule has 3 aromatic rings. The third kappa shape index (κ3) is 6.15. The van der Waals surface area contributed by atoms with E-state index in [2.05, 4.69) is 10.4 Å². The largest absolute Gasteiger partial charge is 0.491 e. The van der Waals surface area contributed by atoms with Crippen LogP contribution in [-0.2, 0) is 11.8 Å². The van der Waals surface area contributed by atoms with Crippen molar-refractivity contribution in [3.8, 4) is 17.2 Å². The van der Waals surface area contributed by atoms with Crippen LogP contribution in [0, 0.1) is 5.92 Å². The molecule has 0 saturated heterocycles. The summed E-state index contributed by atoms with van der Waals surface area (Å²) in [5, 5.41) is 6.97. The summed E-state index contributed by atoms with van der Waals surface area (Å²) in [6, 6.07) is 14.2. The Morgan fingerprint density at radius 3 is 2.38 bits per heavy atom. The molecule has 1 aliphatic carbocycles. The van der Waals surface area contributed by atoms with Crippen LogP contribution in [-0.4, -0.2) is 34.2 Å². The van der Waals surface area contributed by atoms with Crippen LogP contribution < -0.4 is 19.7 Å². The zero-order chi connectivity index (χ0) is 24.2. The molecule has 0 radical (unpaired) electrons. The predicted octanol–water partition coefficient (Wildman–Crippen LogP) is 5.01. The summed E-state index contributed by atoms with van der Waals surface area (Å²) in [7, 11) is 1.78. The van der Waals surface area contributed by atoms with Crippen LogP contribution in [0.25, 0.3) is 0 Å². The van der Waals surface area contributed by atoms with Crippen LogP contribution in [0.1, 0.15) is 44.0 Å². The van der Waals surface area contributed by atoms with Gasteiger partial charge in [-0.05, 0) is 69.0 Å². The first kappa shape index (κ1) is 23.4. The number of carbonyl (C=O) groups excluding carboxylic acids is 2. The van der Waals surface area contributed by atoms with Gasteiger partial charge < -0.3 is 19.7 Å². The number of nitrogens with one attached hydrogen (secondary N) is 1. The summed E-state index contributed by atoms with van der Waals surface area (Å²) in [6.07, 6.45) is 4.04. The van der Waals surface area contributed by atoms with Crippen LogP contribution in [0.4, 0.5) is 11.5 Å². The number of amides is 2. The van der Waals surface area contributed by atoms with E-state index in [-0.39, 0.29) is 17.9 Å². The smallest absolute Gasteiger partial charge is 0.257 e. The van der Waals surface area contributed by atoms with Crippen molar-refractivity contribution in [2.75, 3.05) is 16.8 Å². The summed E-state index contributed by atoms with van der Waals surface area (Å²) in [6.45, 7) is 6.17. The number of nitrogens with zero attached hydrogens (tertiary/aromatic N) is 3. The molecule has 0 bridgehead atoms. The maximum atomic E-state index is 12.8. The molecular weight excluding hydrogens is 432 g/mol.